The van der Waals surface area contributed by atoms with Crippen LogP contribution in [-0.4, -0.2) is 51.4 Å². The van der Waals surface area contributed by atoms with Gasteiger partial charge >= 0.3 is 6.03 Å². The number of methoxy groups -OCH3 is 1. The zero-order valence-electron chi connectivity index (χ0n) is 18.6. The average molecular weight is 454 g/mol. The van der Waals surface area contributed by atoms with Gasteiger partial charge in [-0.25, -0.2) is 9.69 Å². The van der Waals surface area contributed by atoms with Gasteiger partial charge in [-0.05, 0) is 31.5 Å². The van der Waals surface area contributed by atoms with Gasteiger partial charge in [-0.1, -0.05) is 17.3 Å². The highest BCUT2D eigenvalue weighted by atomic mass is 16.5. The Kier molecular flexibility index (Phi) is 6.43. The van der Waals surface area contributed by atoms with Crippen LogP contribution in [0.25, 0.3) is 0 Å². The molecule has 2 atom stereocenters. The Bertz CT molecular complexity index is 1140. The maximum atomic E-state index is 12.9. The van der Waals surface area contributed by atoms with Gasteiger partial charge in [0.15, 0.2) is 0 Å². The van der Waals surface area contributed by atoms with E-state index >= 15 is 0 Å². The summed E-state index contributed by atoms with van der Waals surface area (Å²) in [7, 11) is 1.59. The first-order valence-corrected chi connectivity index (χ1v) is 10.5. The van der Waals surface area contributed by atoms with Gasteiger partial charge in [0.25, 0.3) is 5.91 Å². The Morgan fingerprint density at radius 2 is 2.15 bits per heavy atom. The van der Waals surface area contributed by atoms with Gasteiger partial charge < -0.3 is 19.7 Å². The number of amides is 3. The van der Waals surface area contributed by atoms with E-state index in [2.05, 4.69) is 20.9 Å². The number of rotatable bonds is 9. The van der Waals surface area contributed by atoms with Crippen LogP contribution in [0.3, 0.4) is 0 Å². The van der Waals surface area contributed by atoms with Crippen LogP contribution in [-0.2, 0) is 17.9 Å². The SMILES string of the molecule is COc1cccc(CNC(O)CC2NC(=O)N(c3cnn(Cc4c(C)noc4C)c3)C2=O)c1. The summed E-state index contributed by atoms with van der Waals surface area (Å²) < 4.78 is 12.0. The summed E-state index contributed by atoms with van der Waals surface area (Å²) in [6.45, 7) is 4.44. The number of hydrogen-bond acceptors (Lipinski definition) is 8. The fraction of sp³-hybridized carbons (Fsp3) is 0.364. The number of aromatic nitrogens is 3. The number of imide groups is 1. The fourth-order valence-electron chi connectivity index (χ4n) is 3.70. The van der Waals surface area contributed by atoms with Crippen LogP contribution in [0.1, 0.15) is 29.0 Å². The van der Waals surface area contributed by atoms with E-state index in [-0.39, 0.29) is 6.42 Å². The van der Waals surface area contributed by atoms with E-state index < -0.39 is 24.2 Å². The lowest BCUT2D eigenvalue weighted by atomic mass is 10.1. The first kappa shape index (κ1) is 22.5. The van der Waals surface area contributed by atoms with E-state index in [0.717, 1.165) is 21.7 Å². The Morgan fingerprint density at radius 1 is 1.33 bits per heavy atom. The van der Waals surface area contributed by atoms with Crippen LogP contribution in [0.4, 0.5) is 10.5 Å². The van der Waals surface area contributed by atoms with Gasteiger partial charge in [-0.3, -0.25) is 14.8 Å². The van der Waals surface area contributed by atoms with E-state index in [1.807, 2.05) is 38.1 Å². The molecule has 0 spiro atoms. The van der Waals surface area contributed by atoms with Crippen molar-refractivity contribution in [2.24, 2.45) is 0 Å². The van der Waals surface area contributed by atoms with Crippen molar-refractivity contribution >= 4 is 17.6 Å². The number of hydrogen-bond donors (Lipinski definition) is 3. The minimum atomic E-state index is -0.993. The highest BCUT2D eigenvalue weighted by Gasteiger charge is 2.40. The molecule has 0 bridgehead atoms. The van der Waals surface area contributed by atoms with Gasteiger partial charge in [0, 0.05) is 24.7 Å². The molecule has 11 heteroatoms. The molecule has 11 nitrogen and oxygen atoms in total. The molecule has 1 aliphatic rings. The monoisotopic (exact) mass is 454 g/mol. The lowest BCUT2D eigenvalue weighted by Gasteiger charge is -2.16. The highest BCUT2D eigenvalue weighted by molar-refractivity contribution is 6.21. The lowest BCUT2D eigenvalue weighted by Crippen LogP contribution is -2.39. The third-order valence-electron chi connectivity index (χ3n) is 5.53. The van der Waals surface area contributed by atoms with Crippen molar-refractivity contribution in [1.29, 1.82) is 0 Å². The zero-order valence-corrected chi connectivity index (χ0v) is 18.6. The Hall–Kier alpha value is -3.70. The summed E-state index contributed by atoms with van der Waals surface area (Å²) in [5, 5.41) is 24.1. The summed E-state index contributed by atoms with van der Waals surface area (Å²) in [4.78, 5) is 26.4. The molecule has 2 unspecified atom stereocenters. The Morgan fingerprint density at radius 3 is 2.88 bits per heavy atom. The molecule has 0 saturated carbocycles. The van der Waals surface area contributed by atoms with Crippen molar-refractivity contribution in [3.63, 3.8) is 0 Å². The first-order chi connectivity index (χ1) is 15.9. The molecule has 1 aromatic carbocycles. The Balaban J connectivity index is 1.36. The number of anilines is 1. The number of nitrogens with zero attached hydrogens (tertiary/aromatic N) is 4. The second kappa shape index (κ2) is 9.43. The van der Waals surface area contributed by atoms with E-state index in [0.29, 0.717) is 30.3 Å². The highest BCUT2D eigenvalue weighted by Crippen LogP contribution is 2.22. The standard InChI is InChI=1S/C22H26N6O5/c1-13-18(14(2)33-26-13)12-27-11-16(10-24-27)28-21(30)19(25-22(28)31)8-20(29)23-9-15-5-4-6-17(7-15)32-3/h4-7,10-11,19-20,23,29H,8-9,12H2,1-3H3,(H,25,31). The van der Waals surface area contributed by atoms with Crippen molar-refractivity contribution in [2.75, 3.05) is 12.0 Å². The van der Waals surface area contributed by atoms with Crippen LogP contribution in [0.5, 0.6) is 5.75 Å². The van der Waals surface area contributed by atoms with Crippen molar-refractivity contribution in [1.82, 2.24) is 25.6 Å². The van der Waals surface area contributed by atoms with Crippen LogP contribution >= 0.6 is 0 Å². The van der Waals surface area contributed by atoms with Crippen LogP contribution in [0.15, 0.2) is 41.2 Å². The molecule has 1 saturated heterocycles. The van der Waals surface area contributed by atoms with E-state index in [1.54, 1.807) is 18.0 Å². The molecule has 3 aromatic rings. The lowest BCUT2D eigenvalue weighted by molar-refractivity contribution is -0.119. The van der Waals surface area contributed by atoms with Crippen LogP contribution < -0.4 is 20.3 Å². The molecule has 4 rings (SSSR count). The molecule has 3 heterocycles. The molecule has 0 aliphatic carbocycles. The quantitative estimate of drug-likeness (QED) is 0.327. The van der Waals surface area contributed by atoms with Crippen LogP contribution in [0.2, 0.25) is 0 Å². The minimum absolute atomic E-state index is 0.0260. The molecule has 3 amide bonds. The average Bonchev–Trinajstić information content (AvgIpc) is 3.46. The second-order valence-corrected chi connectivity index (χ2v) is 7.86. The van der Waals surface area contributed by atoms with Crippen LogP contribution in [0, 0.1) is 13.8 Å². The fourth-order valence-corrected chi connectivity index (χ4v) is 3.70. The van der Waals surface area contributed by atoms with E-state index in [9.17, 15) is 14.7 Å². The number of benzene rings is 1. The molecule has 33 heavy (non-hydrogen) atoms. The Labute approximate surface area is 190 Å². The number of urea groups is 1. The second-order valence-electron chi connectivity index (χ2n) is 7.86. The number of ether oxygens (including phenoxy) is 1. The molecule has 1 fully saturated rings. The molecule has 1 aliphatic heterocycles. The smallest absolute Gasteiger partial charge is 0.329 e. The number of carbonyl (C=O) groups is 2. The maximum absolute atomic E-state index is 12.9. The van der Waals surface area contributed by atoms with Gasteiger partial charge in [-0.2, -0.15) is 5.10 Å². The molecule has 2 aromatic heterocycles. The van der Waals surface area contributed by atoms with Crippen molar-refractivity contribution in [3.8, 4) is 5.75 Å². The predicted molar refractivity (Wildman–Crippen MR) is 118 cm³/mol. The van der Waals surface area contributed by atoms with Gasteiger partial charge in [0.1, 0.15) is 23.8 Å². The molecular weight excluding hydrogens is 428 g/mol. The third kappa shape index (κ3) is 4.89. The van der Waals surface area contributed by atoms with Crippen molar-refractivity contribution in [3.05, 3.63) is 59.2 Å². The summed E-state index contributed by atoms with van der Waals surface area (Å²) in [6, 6.07) is 6.03. The number of carbonyl (C=O) groups excluding carboxylic acids is 2. The molecular formula is C22H26N6O5. The largest absolute Gasteiger partial charge is 0.497 e. The predicted octanol–water partition coefficient (Wildman–Crippen LogP) is 1.47. The number of aryl methyl sites for hydroxylation is 2. The summed E-state index contributed by atoms with van der Waals surface area (Å²) in [5.74, 6) is 0.960. The van der Waals surface area contributed by atoms with E-state index in [4.69, 9.17) is 9.26 Å². The van der Waals surface area contributed by atoms with Crippen molar-refractivity contribution < 1.29 is 24.0 Å². The van der Waals surface area contributed by atoms with Crippen molar-refractivity contribution in [2.45, 2.75) is 45.6 Å². The van der Waals surface area contributed by atoms with Gasteiger partial charge in [0.2, 0.25) is 0 Å². The molecule has 174 valence electrons. The number of aliphatic hydroxyl groups excluding tert-OH is 1. The third-order valence-corrected chi connectivity index (χ3v) is 5.53. The molecule has 0 radical (unpaired) electrons. The summed E-state index contributed by atoms with van der Waals surface area (Å²) >= 11 is 0. The van der Waals surface area contributed by atoms with Gasteiger partial charge in [-0.15, -0.1) is 0 Å². The number of aliphatic hydroxyl groups is 1. The van der Waals surface area contributed by atoms with Gasteiger partial charge in [0.05, 0.1) is 31.2 Å². The zero-order chi connectivity index (χ0) is 23.5. The normalized spacial score (nSPS) is 16.8. The summed E-state index contributed by atoms with van der Waals surface area (Å²) in [5.41, 5.74) is 2.92. The minimum Gasteiger partial charge on any atom is -0.497 e. The molecule has 3 N–H and O–H groups in total. The number of nitrogens with one attached hydrogen (secondary N) is 2. The summed E-state index contributed by atoms with van der Waals surface area (Å²) in [6.07, 6.45) is 2.10. The topological polar surface area (TPSA) is 135 Å². The maximum Gasteiger partial charge on any atom is 0.329 e. The first-order valence-electron chi connectivity index (χ1n) is 10.5. The van der Waals surface area contributed by atoms with E-state index in [1.165, 1.54) is 6.20 Å².